The van der Waals surface area contributed by atoms with Gasteiger partial charge in [0.05, 0.1) is 0 Å². The fourth-order valence-electron chi connectivity index (χ4n) is 0.769. The van der Waals surface area contributed by atoms with Crippen molar-refractivity contribution >= 4 is 17.2 Å². The summed E-state index contributed by atoms with van der Waals surface area (Å²) in [6.07, 6.45) is 0. The molecule has 0 spiro atoms. The first-order chi connectivity index (χ1) is 5.24. The molecule has 1 aromatic rings. The highest BCUT2D eigenvalue weighted by molar-refractivity contribution is 7.80. The van der Waals surface area contributed by atoms with Crippen LogP contribution in [-0.2, 0) is 0 Å². The quantitative estimate of drug-likeness (QED) is 0.492. The van der Waals surface area contributed by atoms with Gasteiger partial charge in [0.2, 0.25) is 0 Å². The van der Waals surface area contributed by atoms with Crippen LogP contribution in [0.3, 0.4) is 0 Å². The second kappa shape index (κ2) is 3.46. The van der Waals surface area contributed by atoms with Crippen LogP contribution in [0.2, 0.25) is 0 Å². The summed E-state index contributed by atoms with van der Waals surface area (Å²) >= 11 is 4.80. The van der Waals surface area contributed by atoms with E-state index in [1.165, 1.54) is 5.56 Å². The highest BCUT2D eigenvalue weighted by Crippen LogP contribution is 2.02. The zero-order valence-electron chi connectivity index (χ0n) is 6.16. The molecule has 2 nitrogen and oxygen atoms in total. The molecule has 0 aliphatic rings. The molecule has 0 aromatic heterocycles. The minimum absolute atomic E-state index is 0.352. The molecule has 0 radical (unpaired) electrons. The first-order valence-electron chi connectivity index (χ1n) is 3.25. The zero-order valence-corrected chi connectivity index (χ0v) is 6.98. The van der Waals surface area contributed by atoms with E-state index in [0.717, 1.165) is 5.56 Å². The smallest absolute Gasteiger partial charge is 0.130 e. The third kappa shape index (κ3) is 2.00. The van der Waals surface area contributed by atoms with Gasteiger partial charge in [-0.2, -0.15) is 0 Å². The summed E-state index contributed by atoms with van der Waals surface area (Å²) in [5.41, 5.74) is 3.93. The van der Waals surface area contributed by atoms with Gasteiger partial charge in [-0.15, -0.1) is 0 Å². The number of hydroxylamine groups is 1. The highest BCUT2D eigenvalue weighted by Gasteiger charge is 1.96. The van der Waals surface area contributed by atoms with E-state index in [2.05, 4.69) is 0 Å². The second-order valence-electron chi connectivity index (χ2n) is 2.31. The Morgan fingerprint density at radius 1 is 1.36 bits per heavy atom. The summed E-state index contributed by atoms with van der Waals surface area (Å²) in [6, 6.07) is 7.61. The molecule has 0 bridgehead atoms. The molecule has 0 amide bonds. The first-order valence-corrected chi connectivity index (χ1v) is 3.66. The number of aryl methyl sites for hydroxylation is 1. The number of benzene rings is 1. The van der Waals surface area contributed by atoms with Gasteiger partial charge in [0.15, 0.2) is 0 Å². The molecular formula is C8H9NOS. The Bertz CT molecular complexity index is 255. The Labute approximate surface area is 70.8 Å². The summed E-state index contributed by atoms with van der Waals surface area (Å²) in [7, 11) is 0. The summed E-state index contributed by atoms with van der Waals surface area (Å²) < 4.78 is 0. The standard InChI is InChI=1S/C8H9NOS/c1-6-2-4-7(5-3-6)8(11)9-10/h2-5,10H,1H3,(H,9,11). The van der Waals surface area contributed by atoms with E-state index in [-0.39, 0.29) is 0 Å². The van der Waals surface area contributed by atoms with E-state index in [1.54, 1.807) is 0 Å². The van der Waals surface area contributed by atoms with Gasteiger partial charge in [-0.25, -0.2) is 0 Å². The van der Waals surface area contributed by atoms with Crippen molar-refractivity contribution in [3.8, 4) is 0 Å². The van der Waals surface area contributed by atoms with Gasteiger partial charge >= 0.3 is 0 Å². The molecule has 0 heterocycles. The van der Waals surface area contributed by atoms with Gasteiger partial charge < -0.3 is 0 Å². The fraction of sp³-hybridized carbons (Fsp3) is 0.125. The van der Waals surface area contributed by atoms with Crippen LogP contribution >= 0.6 is 12.2 Å². The van der Waals surface area contributed by atoms with Crippen molar-refractivity contribution in [2.45, 2.75) is 6.92 Å². The molecular weight excluding hydrogens is 158 g/mol. The number of rotatable bonds is 1. The largest absolute Gasteiger partial charge is 0.290 e. The number of hydrogen-bond donors (Lipinski definition) is 2. The fourth-order valence-corrected chi connectivity index (χ4v) is 0.906. The summed E-state index contributed by atoms with van der Waals surface area (Å²) in [6.45, 7) is 2.00. The minimum atomic E-state index is 0.352. The number of thiocarbonyl (C=S) groups is 1. The van der Waals surface area contributed by atoms with Crippen LogP contribution in [0.1, 0.15) is 11.1 Å². The van der Waals surface area contributed by atoms with E-state index in [0.29, 0.717) is 4.99 Å². The molecule has 0 aliphatic carbocycles. The van der Waals surface area contributed by atoms with Crippen molar-refractivity contribution in [1.29, 1.82) is 0 Å². The highest BCUT2D eigenvalue weighted by atomic mass is 32.1. The van der Waals surface area contributed by atoms with Crippen LogP contribution < -0.4 is 5.48 Å². The van der Waals surface area contributed by atoms with E-state index in [4.69, 9.17) is 17.4 Å². The Morgan fingerprint density at radius 3 is 2.36 bits per heavy atom. The molecule has 0 saturated heterocycles. The van der Waals surface area contributed by atoms with Crippen molar-refractivity contribution in [1.82, 2.24) is 5.48 Å². The topological polar surface area (TPSA) is 32.3 Å². The lowest BCUT2D eigenvalue weighted by Gasteiger charge is -2.00. The van der Waals surface area contributed by atoms with Gasteiger partial charge in [-0.05, 0) is 6.92 Å². The zero-order chi connectivity index (χ0) is 8.27. The van der Waals surface area contributed by atoms with Crippen LogP contribution in [-0.4, -0.2) is 10.2 Å². The normalized spacial score (nSPS) is 9.27. The molecule has 11 heavy (non-hydrogen) atoms. The second-order valence-corrected chi connectivity index (χ2v) is 2.72. The Kier molecular flexibility index (Phi) is 2.57. The van der Waals surface area contributed by atoms with Gasteiger partial charge in [-0.3, -0.25) is 10.7 Å². The van der Waals surface area contributed by atoms with Crippen molar-refractivity contribution in [2.24, 2.45) is 0 Å². The molecule has 0 fully saturated rings. The summed E-state index contributed by atoms with van der Waals surface area (Å²) in [5, 5.41) is 8.47. The van der Waals surface area contributed by atoms with Crippen molar-refractivity contribution < 1.29 is 5.21 Å². The van der Waals surface area contributed by atoms with Gasteiger partial charge in [0, 0.05) is 5.56 Å². The summed E-state index contributed by atoms with van der Waals surface area (Å²) in [4.78, 5) is 0.352. The average molecular weight is 167 g/mol. The molecule has 1 aromatic carbocycles. The van der Waals surface area contributed by atoms with E-state index >= 15 is 0 Å². The molecule has 0 unspecified atom stereocenters. The first kappa shape index (κ1) is 8.17. The monoisotopic (exact) mass is 167 g/mol. The van der Waals surface area contributed by atoms with Gasteiger partial charge in [-0.1, -0.05) is 42.0 Å². The third-order valence-corrected chi connectivity index (χ3v) is 1.74. The van der Waals surface area contributed by atoms with Gasteiger partial charge in [0.1, 0.15) is 4.99 Å². The van der Waals surface area contributed by atoms with Crippen molar-refractivity contribution in [3.05, 3.63) is 35.4 Å². The van der Waals surface area contributed by atoms with Crippen LogP contribution in [0.25, 0.3) is 0 Å². The SMILES string of the molecule is Cc1ccc(C(=S)NO)cc1. The molecule has 0 atom stereocenters. The number of nitrogens with one attached hydrogen (secondary N) is 1. The molecule has 0 aliphatic heterocycles. The average Bonchev–Trinajstić information content (AvgIpc) is 2.05. The number of hydrogen-bond acceptors (Lipinski definition) is 2. The van der Waals surface area contributed by atoms with Crippen LogP contribution in [0.5, 0.6) is 0 Å². The lowest BCUT2D eigenvalue weighted by atomic mass is 10.1. The van der Waals surface area contributed by atoms with Gasteiger partial charge in [0.25, 0.3) is 0 Å². The van der Waals surface area contributed by atoms with Crippen molar-refractivity contribution in [3.63, 3.8) is 0 Å². The Morgan fingerprint density at radius 2 is 1.91 bits per heavy atom. The van der Waals surface area contributed by atoms with Crippen LogP contribution in [0, 0.1) is 6.92 Å². The maximum atomic E-state index is 8.47. The van der Waals surface area contributed by atoms with E-state index in [1.807, 2.05) is 36.7 Å². The summed E-state index contributed by atoms with van der Waals surface area (Å²) in [5.74, 6) is 0. The third-order valence-electron chi connectivity index (χ3n) is 1.42. The molecule has 3 heteroatoms. The molecule has 1 rings (SSSR count). The maximum Gasteiger partial charge on any atom is 0.130 e. The van der Waals surface area contributed by atoms with Crippen LogP contribution in [0.4, 0.5) is 0 Å². The predicted molar refractivity (Wildman–Crippen MR) is 47.8 cm³/mol. The van der Waals surface area contributed by atoms with E-state index < -0.39 is 0 Å². The van der Waals surface area contributed by atoms with Crippen molar-refractivity contribution in [2.75, 3.05) is 0 Å². The minimum Gasteiger partial charge on any atom is -0.290 e. The predicted octanol–water partition coefficient (Wildman–Crippen LogP) is 1.65. The lowest BCUT2D eigenvalue weighted by molar-refractivity contribution is 0.238. The molecule has 58 valence electrons. The van der Waals surface area contributed by atoms with Crippen LogP contribution in [0.15, 0.2) is 24.3 Å². The Balaban J connectivity index is 2.90. The lowest BCUT2D eigenvalue weighted by Crippen LogP contribution is -2.16. The molecule has 2 N–H and O–H groups in total. The maximum absolute atomic E-state index is 8.47. The van der Waals surface area contributed by atoms with E-state index in [9.17, 15) is 0 Å². The Hall–Kier alpha value is -0.930. The molecule has 0 saturated carbocycles.